The largest absolute Gasteiger partial charge is 0.496 e. The third-order valence-corrected chi connectivity index (χ3v) is 6.79. The molecular weight excluding hydrogens is 386 g/mol. The lowest BCUT2D eigenvalue weighted by atomic mass is 10.0. The first-order valence-electron chi connectivity index (χ1n) is 10.3. The molecule has 0 atom stereocenters. The number of amides is 2. The number of aromatic nitrogens is 1. The van der Waals surface area contributed by atoms with Crippen molar-refractivity contribution in [3.63, 3.8) is 0 Å². The summed E-state index contributed by atoms with van der Waals surface area (Å²) in [4.78, 5) is 33.7. The molecule has 1 aromatic carbocycles. The van der Waals surface area contributed by atoms with Crippen LogP contribution in [0.3, 0.4) is 0 Å². The topological polar surface area (TPSA) is 62.7 Å². The maximum absolute atomic E-state index is 12.9. The zero-order chi connectivity index (χ0) is 20.2. The molecule has 7 heteroatoms. The second-order valence-electron chi connectivity index (χ2n) is 7.77. The highest BCUT2D eigenvalue weighted by molar-refractivity contribution is 7.13. The molecule has 2 amide bonds. The van der Waals surface area contributed by atoms with Crippen molar-refractivity contribution in [1.82, 2.24) is 14.8 Å². The Balaban J connectivity index is 1.35. The molecule has 1 aromatic heterocycles. The van der Waals surface area contributed by atoms with Crippen molar-refractivity contribution in [3.05, 3.63) is 35.3 Å². The van der Waals surface area contributed by atoms with E-state index in [1.165, 1.54) is 37.0 Å². The number of hydrogen-bond acceptors (Lipinski definition) is 5. The van der Waals surface area contributed by atoms with Crippen LogP contribution < -0.4 is 4.74 Å². The van der Waals surface area contributed by atoms with Crippen molar-refractivity contribution < 1.29 is 14.3 Å². The Hall–Kier alpha value is -2.41. The van der Waals surface area contributed by atoms with Crippen molar-refractivity contribution in [2.45, 2.75) is 32.1 Å². The Kier molecular flexibility index (Phi) is 6.13. The highest BCUT2D eigenvalue weighted by Crippen LogP contribution is 2.32. The number of piperazine rings is 1. The summed E-state index contributed by atoms with van der Waals surface area (Å²) in [7, 11) is 1.63. The maximum atomic E-state index is 12.9. The van der Waals surface area contributed by atoms with Crippen LogP contribution in [0.2, 0.25) is 0 Å². The average Bonchev–Trinajstić information content (AvgIpc) is 3.45. The maximum Gasteiger partial charge on any atom is 0.273 e. The van der Waals surface area contributed by atoms with Gasteiger partial charge in [0.1, 0.15) is 16.5 Å². The van der Waals surface area contributed by atoms with E-state index in [1.807, 2.05) is 34.5 Å². The average molecular weight is 414 g/mol. The molecule has 1 aliphatic heterocycles. The molecule has 4 rings (SSSR count). The Morgan fingerprint density at radius 1 is 1.10 bits per heavy atom. The van der Waals surface area contributed by atoms with Gasteiger partial charge in [-0.25, -0.2) is 4.98 Å². The molecule has 1 saturated carbocycles. The van der Waals surface area contributed by atoms with Gasteiger partial charge in [0.15, 0.2) is 0 Å². The summed E-state index contributed by atoms with van der Waals surface area (Å²) in [6, 6.07) is 7.68. The van der Waals surface area contributed by atoms with E-state index in [0.29, 0.717) is 44.2 Å². The quantitative estimate of drug-likeness (QED) is 0.750. The van der Waals surface area contributed by atoms with E-state index in [2.05, 4.69) is 4.98 Å². The number of thiazole rings is 1. The van der Waals surface area contributed by atoms with Crippen molar-refractivity contribution in [3.8, 4) is 16.3 Å². The lowest BCUT2D eigenvalue weighted by Gasteiger charge is -2.35. The lowest BCUT2D eigenvalue weighted by Crippen LogP contribution is -2.50. The van der Waals surface area contributed by atoms with Gasteiger partial charge in [0.05, 0.1) is 12.7 Å². The van der Waals surface area contributed by atoms with Gasteiger partial charge in [-0.2, -0.15) is 0 Å². The first-order chi connectivity index (χ1) is 14.2. The normalized spacial score (nSPS) is 17.6. The zero-order valence-corrected chi connectivity index (χ0v) is 17.6. The molecule has 2 fully saturated rings. The number of carbonyl (C=O) groups is 2. The summed E-state index contributed by atoms with van der Waals surface area (Å²) in [5, 5.41) is 2.58. The smallest absolute Gasteiger partial charge is 0.273 e. The number of ether oxygens (including phenoxy) is 1. The van der Waals surface area contributed by atoms with E-state index in [9.17, 15) is 9.59 Å². The molecule has 29 heavy (non-hydrogen) atoms. The molecule has 154 valence electrons. The molecule has 2 aromatic rings. The van der Waals surface area contributed by atoms with E-state index in [1.54, 1.807) is 12.0 Å². The molecule has 6 nitrogen and oxygen atoms in total. The highest BCUT2D eigenvalue weighted by Gasteiger charge is 2.28. The molecule has 2 heterocycles. The van der Waals surface area contributed by atoms with Crippen molar-refractivity contribution >= 4 is 23.2 Å². The first-order valence-corrected chi connectivity index (χ1v) is 11.2. The SMILES string of the molecule is COc1ccccc1-c1nc(C(=O)N2CCN(C(=O)CC3CCCC3)CC2)cs1. The fourth-order valence-corrected chi connectivity index (χ4v) is 5.05. The molecule has 0 spiro atoms. The molecule has 0 N–H and O–H groups in total. The summed E-state index contributed by atoms with van der Waals surface area (Å²) >= 11 is 1.44. The van der Waals surface area contributed by atoms with E-state index in [4.69, 9.17) is 4.74 Å². The zero-order valence-electron chi connectivity index (χ0n) is 16.8. The van der Waals surface area contributed by atoms with Crippen LogP contribution in [0.4, 0.5) is 0 Å². The molecule has 0 bridgehead atoms. The number of nitrogens with zero attached hydrogens (tertiary/aromatic N) is 3. The van der Waals surface area contributed by atoms with Crippen LogP contribution in [0.15, 0.2) is 29.6 Å². The van der Waals surface area contributed by atoms with Gasteiger partial charge in [-0.05, 0) is 30.9 Å². The van der Waals surface area contributed by atoms with Crippen molar-refractivity contribution in [1.29, 1.82) is 0 Å². The van der Waals surface area contributed by atoms with Gasteiger partial charge in [-0.1, -0.05) is 25.0 Å². The van der Waals surface area contributed by atoms with Crippen LogP contribution in [0, 0.1) is 5.92 Å². The van der Waals surface area contributed by atoms with Gasteiger partial charge >= 0.3 is 0 Å². The van der Waals surface area contributed by atoms with E-state index < -0.39 is 0 Å². The monoisotopic (exact) mass is 413 g/mol. The summed E-state index contributed by atoms with van der Waals surface area (Å²) in [5.41, 5.74) is 1.35. The van der Waals surface area contributed by atoms with Gasteiger partial charge in [0, 0.05) is 38.0 Å². The molecular formula is C22H27N3O3S. The summed E-state index contributed by atoms with van der Waals surface area (Å²) in [6.45, 7) is 2.36. The molecule has 1 saturated heterocycles. The highest BCUT2D eigenvalue weighted by atomic mass is 32.1. The number of para-hydroxylation sites is 1. The van der Waals surface area contributed by atoms with Crippen molar-refractivity contribution in [2.24, 2.45) is 5.92 Å². The number of methoxy groups -OCH3 is 1. The predicted octanol–water partition coefficient (Wildman–Crippen LogP) is 3.68. The Morgan fingerprint density at radius 2 is 1.79 bits per heavy atom. The molecule has 0 radical (unpaired) electrons. The third-order valence-electron chi connectivity index (χ3n) is 5.92. The van der Waals surface area contributed by atoms with Gasteiger partial charge < -0.3 is 14.5 Å². The summed E-state index contributed by atoms with van der Waals surface area (Å²) in [6.07, 6.45) is 5.54. The van der Waals surface area contributed by atoms with E-state index in [0.717, 1.165) is 16.3 Å². The Labute approximate surface area is 175 Å². The standard InChI is InChI=1S/C22H27N3O3S/c1-28-19-9-5-4-8-17(19)21-23-18(15-29-21)22(27)25-12-10-24(11-13-25)20(26)14-16-6-2-3-7-16/h4-5,8-9,15-16H,2-3,6-7,10-14H2,1H3. The first kappa shape index (κ1) is 19.9. The summed E-state index contributed by atoms with van der Waals surface area (Å²) in [5.74, 6) is 1.49. The van der Waals surface area contributed by atoms with E-state index >= 15 is 0 Å². The predicted molar refractivity (Wildman–Crippen MR) is 113 cm³/mol. The minimum atomic E-state index is -0.0645. The second kappa shape index (κ2) is 8.95. The molecule has 2 aliphatic rings. The number of hydrogen-bond donors (Lipinski definition) is 0. The van der Waals surface area contributed by atoms with Crippen LogP contribution in [0.25, 0.3) is 10.6 Å². The Bertz CT molecular complexity index is 868. The molecule has 0 unspecified atom stereocenters. The fraction of sp³-hybridized carbons (Fsp3) is 0.500. The van der Waals surface area contributed by atoms with E-state index in [-0.39, 0.29) is 11.8 Å². The van der Waals surface area contributed by atoms with Crippen molar-refractivity contribution in [2.75, 3.05) is 33.3 Å². The van der Waals surface area contributed by atoms with Crippen LogP contribution in [0.1, 0.15) is 42.6 Å². The summed E-state index contributed by atoms with van der Waals surface area (Å²) < 4.78 is 5.40. The van der Waals surface area contributed by atoms with Crippen LogP contribution in [0.5, 0.6) is 5.75 Å². The van der Waals surface area contributed by atoms with Crippen LogP contribution in [-0.2, 0) is 4.79 Å². The van der Waals surface area contributed by atoms with Gasteiger partial charge in [-0.15, -0.1) is 11.3 Å². The van der Waals surface area contributed by atoms with Crippen LogP contribution in [-0.4, -0.2) is 59.9 Å². The van der Waals surface area contributed by atoms with Gasteiger partial charge in [0.25, 0.3) is 5.91 Å². The number of benzene rings is 1. The fourth-order valence-electron chi connectivity index (χ4n) is 4.23. The number of rotatable bonds is 5. The van der Waals surface area contributed by atoms with Crippen LogP contribution >= 0.6 is 11.3 Å². The Morgan fingerprint density at radius 3 is 2.52 bits per heavy atom. The van der Waals surface area contributed by atoms with Gasteiger partial charge in [0.2, 0.25) is 5.91 Å². The number of carbonyl (C=O) groups excluding carboxylic acids is 2. The third kappa shape index (κ3) is 4.45. The minimum absolute atomic E-state index is 0.0645. The lowest BCUT2D eigenvalue weighted by molar-refractivity contribution is -0.133. The second-order valence-corrected chi connectivity index (χ2v) is 8.62. The molecule has 1 aliphatic carbocycles. The minimum Gasteiger partial charge on any atom is -0.496 e. The van der Waals surface area contributed by atoms with Gasteiger partial charge in [-0.3, -0.25) is 9.59 Å².